The SMILES string of the molecule is CCOC(=O)C1=C(O)C(=Cc2ccc(OC)c(OC)c2OC)SC1=Nc1ccc(OC)cc1OC. The highest BCUT2D eigenvalue weighted by molar-refractivity contribution is 8.18. The third kappa shape index (κ3) is 5.32. The maximum absolute atomic E-state index is 12.7. The van der Waals surface area contributed by atoms with Crippen LogP contribution in [0.1, 0.15) is 12.5 Å². The number of carbonyl (C=O) groups excluding carboxylic acids is 1. The average molecular weight is 502 g/mol. The van der Waals surface area contributed by atoms with Gasteiger partial charge in [-0.05, 0) is 37.3 Å². The average Bonchev–Trinajstić information content (AvgIpc) is 3.18. The third-order valence-corrected chi connectivity index (χ3v) is 6.02. The standard InChI is InChI=1S/C25H27NO8S/c1-7-34-25(28)20-21(27)19(12-14-8-11-17(30-3)23(33-6)22(14)32-5)35-24(20)26-16-10-9-15(29-2)13-18(16)31-4/h8-13,27H,7H2,1-6H3. The van der Waals surface area contributed by atoms with Crippen molar-refractivity contribution in [2.75, 3.05) is 42.2 Å². The fourth-order valence-electron chi connectivity index (χ4n) is 3.36. The highest BCUT2D eigenvalue weighted by Crippen LogP contribution is 2.45. The molecule has 3 rings (SSSR count). The molecule has 0 unspecified atom stereocenters. The van der Waals surface area contributed by atoms with E-state index in [9.17, 15) is 9.90 Å². The van der Waals surface area contributed by atoms with E-state index in [1.165, 1.54) is 28.4 Å². The topological polar surface area (TPSA) is 105 Å². The Hall–Kier alpha value is -3.79. The minimum Gasteiger partial charge on any atom is -0.506 e. The van der Waals surface area contributed by atoms with Crippen LogP contribution in [0, 0.1) is 0 Å². The summed E-state index contributed by atoms with van der Waals surface area (Å²) in [5, 5.41) is 11.3. The van der Waals surface area contributed by atoms with Gasteiger partial charge in [0.05, 0.1) is 47.1 Å². The summed E-state index contributed by atoms with van der Waals surface area (Å²) in [5.74, 6) is 1.40. The third-order valence-electron chi connectivity index (χ3n) is 5.00. The monoisotopic (exact) mass is 501 g/mol. The first-order valence-corrected chi connectivity index (χ1v) is 11.3. The van der Waals surface area contributed by atoms with E-state index in [1.54, 1.807) is 50.4 Å². The molecule has 0 aromatic heterocycles. The number of aliphatic imine (C=N–C) groups is 1. The van der Waals surface area contributed by atoms with Gasteiger partial charge in [0.1, 0.15) is 33.6 Å². The number of hydrogen-bond donors (Lipinski definition) is 1. The summed E-state index contributed by atoms with van der Waals surface area (Å²) in [7, 11) is 7.59. The molecule has 9 nitrogen and oxygen atoms in total. The van der Waals surface area contributed by atoms with Gasteiger partial charge in [-0.3, -0.25) is 0 Å². The van der Waals surface area contributed by atoms with E-state index in [-0.39, 0.29) is 23.0 Å². The van der Waals surface area contributed by atoms with Crippen molar-refractivity contribution in [1.82, 2.24) is 0 Å². The highest BCUT2D eigenvalue weighted by atomic mass is 32.2. The second-order valence-electron chi connectivity index (χ2n) is 6.93. The zero-order chi connectivity index (χ0) is 25.5. The number of benzene rings is 2. The Balaban J connectivity index is 2.14. The van der Waals surface area contributed by atoms with Gasteiger partial charge in [0, 0.05) is 11.6 Å². The van der Waals surface area contributed by atoms with E-state index in [0.29, 0.717) is 44.9 Å². The number of nitrogens with zero attached hydrogens (tertiary/aromatic N) is 1. The number of thioether (sulfide) groups is 1. The first-order chi connectivity index (χ1) is 16.9. The first kappa shape index (κ1) is 25.8. The Kier molecular flexibility index (Phi) is 8.53. The Morgan fingerprint density at radius 2 is 1.66 bits per heavy atom. The molecule has 0 atom stereocenters. The molecule has 0 amide bonds. The number of hydrogen-bond acceptors (Lipinski definition) is 10. The van der Waals surface area contributed by atoms with E-state index in [0.717, 1.165) is 11.8 Å². The van der Waals surface area contributed by atoms with Crippen LogP contribution >= 0.6 is 11.8 Å². The van der Waals surface area contributed by atoms with Crippen molar-refractivity contribution in [3.05, 3.63) is 52.1 Å². The van der Waals surface area contributed by atoms with Gasteiger partial charge in [-0.2, -0.15) is 0 Å². The molecule has 0 saturated carbocycles. The van der Waals surface area contributed by atoms with Crippen LogP contribution in [0.25, 0.3) is 6.08 Å². The molecule has 0 aliphatic carbocycles. The van der Waals surface area contributed by atoms with Crippen LogP contribution in [0.4, 0.5) is 5.69 Å². The number of carbonyl (C=O) groups is 1. The van der Waals surface area contributed by atoms with Gasteiger partial charge in [-0.15, -0.1) is 0 Å². The summed E-state index contributed by atoms with van der Waals surface area (Å²) in [6, 6.07) is 8.58. The molecule has 1 N–H and O–H groups in total. The lowest BCUT2D eigenvalue weighted by Gasteiger charge is -2.14. The Labute approximate surface area is 208 Å². The second kappa shape index (κ2) is 11.6. The quantitative estimate of drug-likeness (QED) is 0.479. The zero-order valence-electron chi connectivity index (χ0n) is 20.3. The minimum atomic E-state index is -0.689. The van der Waals surface area contributed by atoms with Crippen molar-refractivity contribution >= 4 is 34.5 Å². The van der Waals surface area contributed by atoms with E-state index in [1.807, 2.05) is 0 Å². The summed E-state index contributed by atoms with van der Waals surface area (Å²) < 4.78 is 32.1. The van der Waals surface area contributed by atoms with E-state index in [4.69, 9.17) is 28.4 Å². The van der Waals surface area contributed by atoms with Crippen molar-refractivity contribution in [1.29, 1.82) is 0 Å². The van der Waals surface area contributed by atoms with Crippen LogP contribution < -0.4 is 23.7 Å². The van der Waals surface area contributed by atoms with Crippen molar-refractivity contribution in [2.45, 2.75) is 6.92 Å². The van der Waals surface area contributed by atoms with Crippen LogP contribution in [-0.2, 0) is 9.53 Å². The molecule has 0 saturated heterocycles. The van der Waals surface area contributed by atoms with Crippen molar-refractivity contribution in [3.63, 3.8) is 0 Å². The van der Waals surface area contributed by atoms with Gasteiger partial charge < -0.3 is 33.5 Å². The molecule has 0 bridgehead atoms. The normalized spacial score (nSPS) is 15.4. The van der Waals surface area contributed by atoms with Crippen molar-refractivity contribution in [3.8, 4) is 28.7 Å². The second-order valence-corrected chi connectivity index (χ2v) is 7.96. The molecular weight excluding hydrogens is 474 g/mol. The minimum absolute atomic E-state index is 0.0413. The van der Waals surface area contributed by atoms with Gasteiger partial charge in [0.25, 0.3) is 0 Å². The number of aliphatic hydroxyl groups excluding tert-OH is 1. The molecule has 35 heavy (non-hydrogen) atoms. The smallest absolute Gasteiger partial charge is 0.344 e. The van der Waals surface area contributed by atoms with Gasteiger partial charge >= 0.3 is 5.97 Å². The van der Waals surface area contributed by atoms with Crippen LogP contribution in [0.5, 0.6) is 28.7 Å². The molecule has 186 valence electrons. The van der Waals surface area contributed by atoms with Crippen LogP contribution in [0.2, 0.25) is 0 Å². The van der Waals surface area contributed by atoms with Gasteiger partial charge in [0.15, 0.2) is 11.5 Å². The Morgan fingerprint density at radius 1 is 0.943 bits per heavy atom. The fraction of sp³-hybridized carbons (Fsp3) is 0.280. The molecule has 10 heteroatoms. The first-order valence-electron chi connectivity index (χ1n) is 10.5. The van der Waals surface area contributed by atoms with Gasteiger partial charge in [0.2, 0.25) is 5.75 Å². The number of rotatable bonds is 9. The van der Waals surface area contributed by atoms with Crippen LogP contribution in [0.15, 0.2) is 51.6 Å². The van der Waals surface area contributed by atoms with Gasteiger partial charge in [-0.1, -0.05) is 11.8 Å². The number of methoxy groups -OCH3 is 5. The lowest BCUT2D eigenvalue weighted by atomic mass is 10.1. The Morgan fingerprint density at radius 3 is 2.26 bits per heavy atom. The van der Waals surface area contributed by atoms with E-state index < -0.39 is 5.97 Å². The molecule has 1 heterocycles. The predicted molar refractivity (Wildman–Crippen MR) is 135 cm³/mol. The van der Waals surface area contributed by atoms with Crippen LogP contribution in [0.3, 0.4) is 0 Å². The lowest BCUT2D eigenvalue weighted by Crippen LogP contribution is -2.12. The maximum atomic E-state index is 12.7. The molecule has 0 spiro atoms. The molecular formula is C25H27NO8S. The summed E-state index contributed by atoms with van der Waals surface area (Å²) in [4.78, 5) is 17.7. The molecule has 1 aliphatic rings. The summed E-state index contributed by atoms with van der Waals surface area (Å²) in [5.41, 5.74) is 1.02. The largest absolute Gasteiger partial charge is 0.506 e. The van der Waals surface area contributed by atoms with Crippen molar-refractivity contribution in [2.24, 2.45) is 4.99 Å². The Bertz CT molecular complexity index is 1200. The summed E-state index contributed by atoms with van der Waals surface area (Å²) in [6.45, 7) is 1.83. The molecule has 0 fully saturated rings. The van der Waals surface area contributed by atoms with Crippen molar-refractivity contribution < 1.29 is 38.3 Å². The molecule has 0 radical (unpaired) electrons. The summed E-state index contributed by atoms with van der Waals surface area (Å²) >= 11 is 1.11. The van der Waals surface area contributed by atoms with Gasteiger partial charge in [-0.25, -0.2) is 9.79 Å². The highest BCUT2D eigenvalue weighted by Gasteiger charge is 2.34. The van der Waals surface area contributed by atoms with E-state index in [2.05, 4.69) is 4.99 Å². The summed E-state index contributed by atoms with van der Waals surface area (Å²) in [6.07, 6.45) is 1.67. The number of ether oxygens (including phenoxy) is 6. The number of esters is 1. The maximum Gasteiger partial charge on any atom is 0.344 e. The zero-order valence-corrected chi connectivity index (χ0v) is 21.1. The molecule has 2 aromatic carbocycles. The fourth-order valence-corrected chi connectivity index (χ4v) is 4.38. The van der Waals surface area contributed by atoms with E-state index >= 15 is 0 Å². The van der Waals surface area contributed by atoms with Crippen LogP contribution in [-0.4, -0.2) is 58.3 Å². The molecule has 1 aliphatic heterocycles. The lowest BCUT2D eigenvalue weighted by molar-refractivity contribution is -0.138. The predicted octanol–water partition coefficient (Wildman–Crippen LogP) is 4.92. The number of aliphatic hydroxyl groups is 1. The molecule has 2 aromatic rings.